The molecule has 48 heavy (non-hydrogen) atoms. The number of hydrogen-bond donors (Lipinski definition) is 1. The highest BCUT2D eigenvalue weighted by molar-refractivity contribution is 7.92. The molecule has 4 rings (SSSR count). The van der Waals surface area contributed by atoms with E-state index >= 15 is 0 Å². The molecule has 0 aliphatic heterocycles. The van der Waals surface area contributed by atoms with E-state index in [2.05, 4.69) is 5.32 Å². The molecule has 1 unspecified atom stereocenters. The van der Waals surface area contributed by atoms with Crippen LogP contribution in [-0.4, -0.2) is 72.2 Å². The standard InChI is InChI=1S/C36H47N3O8S/c1-7-30(36(41)37-27-11-9-8-10-12-27)38(23-26-15-13-25(2)14-16-26)35(40)24-39(31-21-28(44-3)17-19-32(31)45-4)48(42,43)29-18-20-33(46-5)34(22-29)47-6/h13-22,27,30H,7-12,23-24H2,1-6H3,(H,37,41). The highest BCUT2D eigenvalue weighted by Crippen LogP contribution is 2.38. The number of benzene rings is 3. The van der Waals surface area contributed by atoms with Gasteiger partial charge in [0.15, 0.2) is 11.5 Å². The first kappa shape index (κ1) is 36.4. The van der Waals surface area contributed by atoms with Gasteiger partial charge in [-0.2, -0.15) is 0 Å². The van der Waals surface area contributed by atoms with Gasteiger partial charge in [0.1, 0.15) is 24.1 Å². The van der Waals surface area contributed by atoms with Crippen LogP contribution in [0.15, 0.2) is 65.6 Å². The van der Waals surface area contributed by atoms with Crippen molar-refractivity contribution < 1.29 is 37.0 Å². The summed E-state index contributed by atoms with van der Waals surface area (Å²) in [5.74, 6) is 0.305. The van der Waals surface area contributed by atoms with Gasteiger partial charge in [-0.1, -0.05) is 56.0 Å². The van der Waals surface area contributed by atoms with E-state index in [1.165, 1.54) is 57.6 Å². The molecule has 260 valence electrons. The Labute approximate surface area is 284 Å². The van der Waals surface area contributed by atoms with E-state index < -0.39 is 28.5 Å². The molecule has 3 aromatic carbocycles. The molecule has 0 aromatic heterocycles. The van der Waals surface area contributed by atoms with E-state index in [9.17, 15) is 18.0 Å². The Kier molecular flexibility index (Phi) is 12.6. The average molecular weight is 682 g/mol. The minimum atomic E-state index is -4.44. The summed E-state index contributed by atoms with van der Waals surface area (Å²) in [5, 5.41) is 3.17. The van der Waals surface area contributed by atoms with E-state index in [0.29, 0.717) is 17.9 Å². The van der Waals surface area contributed by atoms with Crippen molar-refractivity contribution in [2.75, 3.05) is 39.3 Å². The summed E-state index contributed by atoms with van der Waals surface area (Å²) in [6.45, 7) is 3.30. The maximum absolute atomic E-state index is 14.6. The van der Waals surface area contributed by atoms with Crippen molar-refractivity contribution in [1.82, 2.24) is 10.2 Å². The first-order chi connectivity index (χ1) is 23.1. The van der Waals surface area contributed by atoms with Crippen molar-refractivity contribution in [1.29, 1.82) is 0 Å². The van der Waals surface area contributed by atoms with E-state index in [-0.39, 0.29) is 40.6 Å². The Bertz CT molecular complexity index is 1660. The van der Waals surface area contributed by atoms with E-state index in [0.717, 1.165) is 47.5 Å². The van der Waals surface area contributed by atoms with Gasteiger partial charge in [0.05, 0.1) is 39.0 Å². The zero-order chi connectivity index (χ0) is 34.8. The zero-order valence-electron chi connectivity index (χ0n) is 28.7. The first-order valence-electron chi connectivity index (χ1n) is 16.2. The Morgan fingerprint density at radius 1 is 0.833 bits per heavy atom. The Balaban J connectivity index is 1.81. The number of carbonyl (C=O) groups is 2. The fraction of sp³-hybridized carbons (Fsp3) is 0.444. The summed E-state index contributed by atoms with van der Waals surface area (Å²) in [6.07, 6.45) is 5.33. The second-order valence-corrected chi connectivity index (χ2v) is 13.7. The van der Waals surface area contributed by atoms with Crippen molar-refractivity contribution in [2.24, 2.45) is 0 Å². The monoisotopic (exact) mass is 681 g/mol. The van der Waals surface area contributed by atoms with E-state index in [1.807, 2.05) is 38.1 Å². The average Bonchev–Trinajstić information content (AvgIpc) is 3.10. The molecular weight excluding hydrogens is 634 g/mol. The minimum absolute atomic E-state index is 0.0413. The molecular formula is C36H47N3O8S. The summed E-state index contributed by atoms with van der Waals surface area (Å²) >= 11 is 0. The Morgan fingerprint density at radius 3 is 2.08 bits per heavy atom. The SMILES string of the molecule is CCC(C(=O)NC1CCCCC1)N(Cc1ccc(C)cc1)C(=O)CN(c1cc(OC)ccc1OC)S(=O)(=O)c1ccc(OC)c(OC)c1. The molecule has 0 heterocycles. The van der Waals surface area contributed by atoms with Gasteiger partial charge < -0.3 is 29.2 Å². The molecule has 1 aliphatic rings. The van der Waals surface area contributed by atoms with Crippen LogP contribution in [0.1, 0.15) is 56.6 Å². The van der Waals surface area contributed by atoms with E-state index in [1.54, 1.807) is 12.1 Å². The van der Waals surface area contributed by atoms with Gasteiger partial charge in [-0.3, -0.25) is 13.9 Å². The summed E-state index contributed by atoms with van der Waals surface area (Å²) < 4.78 is 51.8. The third kappa shape index (κ3) is 8.52. The number of hydrogen-bond acceptors (Lipinski definition) is 8. The first-order valence-corrected chi connectivity index (χ1v) is 17.6. The summed E-state index contributed by atoms with van der Waals surface area (Å²) in [6, 6.07) is 15.8. The lowest BCUT2D eigenvalue weighted by Gasteiger charge is -2.34. The van der Waals surface area contributed by atoms with Crippen LogP contribution in [0.25, 0.3) is 0 Å². The van der Waals surface area contributed by atoms with Gasteiger partial charge in [-0.05, 0) is 56.0 Å². The number of nitrogens with zero attached hydrogens (tertiary/aromatic N) is 2. The molecule has 1 aliphatic carbocycles. The molecule has 0 spiro atoms. The predicted molar refractivity (Wildman–Crippen MR) is 184 cm³/mol. The van der Waals surface area contributed by atoms with Gasteiger partial charge in [-0.25, -0.2) is 8.42 Å². The van der Waals surface area contributed by atoms with Crippen LogP contribution in [-0.2, 0) is 26.2 Å². The largest absolute Gasteiger partial charge is 0.497 e. The number of nitrogens with one attached hydrogen (secondary N) is 1. The van der Waals surface area contributed by atoms with Crippen LogP contribution in [0.2, 0.25) is 0 Å². The third-order valence-electron chi connectivity index (χ3n) is 8.69. The predicted octanol–water partition coefficient (Wildman–Crippen LogP) is 5.48. The van der Waals surface area contributed by atoms with Crippen LogP contribution in [0.4, 0.5) is 5.69 Å². The van der Waals surface area contributed by atoms with Gasteiger partial charge in [0.2, 0.25) is 11.8 Å². The maximum atomic E-state index is 14.6. The molecule has 1 saturated carbocycles. The van der Waals surface area contributed by atoms with Crippen LogP contribution in [0.3, 0.4) is 0 Å². The Hall–Kier alpha value is -4.45. The molecule has 2 amide bonds. The summed E-state index contributed by atoms with van der Waals surface area (Å²) in [4.78, 5) is 29.7. The number of sulfonamides is 1. The minimum Gasteiger partial charge on any atom is -0.497 e. The van der Waals surface area contributed by atoms with Gasteiger partial charge in [-0.15, -0.1) is 0 Å². The molecule has 0 saturated heterocycles. The number of aryl methyl sites for hydroxylation is 1. The summed E-state index contributed by atoms with van der Waals surface area (Å²) in [7, 11) is 1.31. The normalized spacial score (nSPS) is 14.0. The zero-order valence-corrected chi connectivity index (χ0v) is 29.5. The van der Waals surface area contributed by atoms with Crippen LogP contribution < -0.4 is 28.6 Å². The molecule has 0 radical (unpaired) electrons. The lowest BCUT2D eigenvalue weighted by atomic mass is 9.95. The number of anilines is 1. The topological polar surface area (TPSA) is 124 Å². The fourth-order valence-corrected chi connectivity index (χ4v) is 7.40. The number of ether oxygens (including phenoxy) is 4. The lowest BCUT2D eigenvalue weighted by molar-refractivity contribution is -0.140. The van der Waals surface area contributed by atoms with Gasteiger partial charge in [0, 0.05) is 24.7 Å². The van der Waals surface area contributed by atoms with Crippen LogP contribution in [0, 0.1) is 6.92 Å². The maximum Gasteiger partial charge on any atom is 0.265 e. The van der Waals surface area contributed by atoms with Gasteiger partial charge >= 0.3 is 0 Å². The number of amides is 2. The third-order valence-corrected chi connectivity index (χ3v) is 10.4. The quantitative estimate of drug-likeness (QED) is 0.224. The highest BCUT2D eigenvalue weighted by atomic mass is 32.2. The van der Waals surface area contributed by atoms with Crippen molar-refractivity contribution in [3.63, 3.8) is 0 Å². The molecule has 12 heteroatoms. The van der Waals surface area contributed by atoms with Crippen molar-refractivity contribution >= 4 is 27.5 Å². The smallest absolute Gasteiger partial charge is 0.265 e. The van der Waals surface area contributed by atoms with Crippen molar-refractivity contribution in [3.05, 3.63) is 71.8 Å². The molecule has 3 aromatic rings. The van der Waals surface area contributed by atoms with Crippen LogP contribution in [0.5, 0.6) is 23.0 Å². The molecule has 1 atom stereocenters. The van der Waals surface area contributed by atoms with Crippen molar-refractivity contribution in [3.8, 4) is 23.0 Å². The second-order valence-electron chi connectivity index (χ2n) is 11.8. The van der Waals surface area contributed by atoms with E-state index in [4.69, 9.17) is 18.9 Å². The van der Waals surface area contributed by atoms with Gasteiger partial charge in [0.25, 0.3) is 10.0 Å². The lowest BCUT2D eigenvalue weighted by Crippen LogP contribution is -2.54. The van der Waals surface area contributed by atoms with Crippen LogP contribution >= 0.6 is 0 Å². The number of rotatable bonds is 15. The van der Waals surface area contributed by atoms with Crippen molar-refractivity contribution in [2.45, 2.75) is 75.9 Å². The Morgan fingerprint density at radius 2 is 1.48 bits per heavy atom. The second kappa shape index (κ2) is 16.6. The summed E-state index contributed by atoms with van der Waals surface area (Å²) in [5.41, 5.74) is 1.96. The number of carbonyl (C=O) groups excluding carboxylic acids is 2. The molecule has 1 N–H and O–H groups in total. The molecule has 11 nitrogen and oxygen atoms in total. The number of methoxy groups -OCH3 is 4. The molecule has 1 fully saturated rings. The fourth-order valence-electron chi connectivity index (χ4n) is 5.96. The molecule has 0 bridgehead atoms. The highest BCUT2D eigenvalue weighted by Gasteiger charge is 2.36.